The van der Waals surface area contributed by atoms with Crippen LogP contribution in [0.2, 0.25) is 0 Å². The molecule has 7 heteroatoms. The molecular formula is C20H22N2O5. The fraction of sp³-hybridized carbons (Fsp3) is 0.350. The highest BCUT2D eigenvalue weighted by atomic mass is 16.5. The van der Waals surface area contributed by atoms with E-state index in [1.54, 1.807) is 12.1 Å². The van der Waals surface area contributed by atoms with Crippen molar-refractivity contribution in [2.45, 2.75) is 26.8 Å². The highest BCUT2D eigenvalue weighted by molar-refractivity contribution is 6.01. The summed E-state index contributed by atoms with van der Waals surface area (Å²) in [7, 11) is 1.52. The van der Waals surface area contributed by atoms with Crippen LogP contribution < -0.4 is 10.3 Å². The van der Waals surface area contributed by atoms with E-state index < -0.39 is 17.2 Å². The summed E-state index contributed by atoms with van der Waals surface area (Å²) in [6.07, 6.45) is 0.450. The Hall–Kier alpha value is -3.11. The predicted molar refractivity (Wildman–Crippen MR) is 99.3 cm³/mol. The number of nitrogens with zero attached hydrogens (tertiary/aromatic N) is 2. The number of pyridine rings is 1. The summed E-state index contributed by atoms with van der Waals surface area (Å²) < 4.78 is 11.5. The molecule has 0 aliphatic rings. The molecule has 2 aromatic rings. The van der Waals surface area contributed by atoms with E-state index in [1.807, 2.05) is 25.1 Å². The lowest BCUT2D eigenvalue weighted by atomic mass is 10.0. The van der Waals surface area contributed by atoms with Crippen LogP contribution in [0, 0.1) is 25.2 Å². The first-order chi connectivity index (χ1) is 12.9. The van der Waals surface area contributed by atoms with E-state index in [1.165, 1.54) is 14.0 Å². The molecule has 1 aromatic carbocycles. The van der Waals surface area contributed by atoms with Gasteiger partial charge in [0.2, 0.25) is 11.7 Å². The molecule has 1 aromatic heterocycles. The number of aromatic hydroxyl groups is 1. The lowest BCUT2D eigenvalue weighted by Gasteiger charge is -2.16. The number of ketones is 1. The summed E-state index contributed by atoms with van der Waals surface area (Å²) in [5, 5.41) is 19.9. The molecule has 1 heterocycles. The molecule has 0 unspecified atom stereocenters. The van der Waals surface area contributed by atoms with Crippen molar-refractivity contribution >= 4 is 5.78 Å². The first-order valence-electron chi connectivity index (χ1n) is 8.49. The van der Waals surface area contributed by atoms with Crippen LogP contribution in [0.3, 0.4) is 0 Å². The SMILES string of the molecule is COCCCn1c(O)c(C(=O)COc2ccccc2C)c(C)c(C#N)c1=O. The maximum atomic E-state index is 12.7. The minimum atomic E-state index is -0.625. The van der Waals surface area contributed by atoms with Crippen molar-refractivity contribution in [2.75, 3.05) is 20.3 Å². The lowest BCUT2D eigenvalue weighted by molar-refractivity contribution is 0.0915. The molecule has 2 rings (SSSR count). The van der Waals surface area contributed by atoms with Gasteiger partial charge in [0.25, 0.3) is 5.56 Å². The molecule has 0 fully saturated rings. The summed E-state index contributed by atoms with van der Waals surface area (Å²) in [6.45, 7) is 3.51. The van der Waals surface area contributed by atoms with Gasteiger partial charge in [-0.15, -0.1) is 0 Å². The van der Waals surface area contributed by atoms with E-state index in [2.05, 4.69) is 0 Å². The molecule has 0 saturated carbocycles. The van der Waals surface area contributed by atoms with E-state index in [9.17, 15) is 20.0 Å². The van der Waals surface area contributed by atoms with E-state index in [-0.39, 0.29) is 29.8 Å². The summed E-state index contributed by atoms with van der Waals surface area (Å²) in [5.74, 6) is -0.409. The zero-order valence-corrected chi connectivity index (χ0v) is 15.6. The Labute approximate surface area is 157 Å². The number of Topliss-reactive ketones (excluding diaryl/α,β-unsaturated/α-hetero) is 1. The van der Waals surface area contributed by atoms with Crippen LogP contribution in [0.4, 0.5) is 0 Å². The van der Waals surface area contributed by atoms with Crippen LogP contribution in [0.25, 0.3) is 0 Å². The van der Waals surface area contributed by atoms with Gasteiger partial charge in [0.15, 0.2) is 6.61 Å². The zero-order chi connectivity index (χ0) is 20.0. The van der Waals surface area contributed by atoms with Gasteiger partial charge in [0.05, 0.1) is 5.56 Å². The predicted octanol–water partition coefficient (Wildman–Crippen LogP) is 2.34. The van der Waals surface area contributed by atoms with Crippen LogP contribution in [0.1, 0.15) is 33.5 Å². The summed E-state index contributed by atoms with van der Waals surface area (Å²) in [6, 6.07) is 9.07. The highest BCUT2D eigenvalue weighted by Gasteiger charge is 2.24. The maximum absolute atomic E-state index is 12.7. The molecule has 1 N–H and O–H groups in total. The Balaban J connectivity index is 2.38. The monoisotopic (exact) mass is 370 g/mol. The second-order valence-electron chi connectivity index (χ2n) is 6.09. The number of carbonyl (C=O) groups is 1. The van der Waals surface area contributed by atoms with Crippen molar-refractivity contribution in [2.24, 2.45) is 0 Å². The van der Waals surface area contributed by atoms with Gasteiger partial charge in [-0.3, -0.25) is 14.2 Å². The van der Waals surface area contributed by atoms with Crippen molar-refractivity contribution in [1.29, 1.82) is 5.26 Å². The van der Waals surface area contributed by atoms with Crippen LogP contribution in [-0.2, 0) is 11.3 Å². The third kappa shape index (κ3) is 4.36. The number of hydrogen-bond donors (Lipinski definition) is 1. The number of ether oxygens (including phenoxy) is 2. The number of benzene rings is 1. The number of nitriles is 1. The Morgan fingerprint density at radius 3 is 2.63 bits per heavy atom. The van der Waals surface area contributed by atoms with Crippen LogP contribution >= 0.6 is 0 Å². The van der Waals surface area contributed by atoms with Gasteiger partial charge < -0.3 is 14.6 Å². The summed E-state index contributed by atoms with van der Waals surface area (Å²) in [5.41, 5.74) is 0.163. The van der Waals surface area contributed by atoms with Gasteiger partial charge in [0.1, 0.15) is 17.4 Å². The fourth-order valence-electron chi connectivity index (χ4n) is 2.79. The smallest absolute Gasteiger partial charge is 0.271 e. The van der Waals surface area contributed by atoms with Gasteiger partial charge in [-0.2, -0.15) is 5.26 Å². The number of hydrogen-bond acceptors (Lipinski definition) is 6. The van der Waals surface area contributed by atoms with Crippen LogP contribution in [0.5, 0.6) is 11.6 Å². The van der Waals surface area contributed by atoms with Gasteiger partial charge >= 0.3 is 0 Å². The molecule has 0 amide bonds. The first-order valence-corrected chi connectivity index (χ1v) is 8.49. The molecule has 7 nitrogen and oxygen atoms in total. The van der Waals surface area contributed by atoms with E-state index in [0.29, 0.717) is 18.8 Å². The Morgan fingerprint density at radius 1 is 1.30 bits per heavy atom. The fourth-order valence-corrected chi connectivity index (χ4v) is 2.79. The third-order valence-corrected chi connectivity index (χ3v) is 4.26. The van der Waals surface area contributed by atoms with Crippen LogP contribution in [-0.4, -0.2) is 35.8 Å². The third-order valence-electron chi connectivity index (χ3n) is 4.26. The number of para-hydroxylation sites is 1. The van der Waals surface area contributed by atoms with Crippen LogP contribution in [0.15, 0.2) is 29.1 Å². The van der Waals surface area contributed by atoms with Gasteiger partial charge in [-0.1, -0.05) is 18.2 Å². The van der Waals surface area contributed by atoms with E-state index in [0.717, 1.165) is 10.1 Å². The molecule has 0 saturated heterocycles. The Morgan fingerprint density at radius 2 is 2.00 bits per heavy atom. The quantitative estimate of drug-likeness (QED) is 0.565. The van der Waals surface area contributed by atoms with Crippen molar-refractivity contribution in [3.05, 3.63) is 56.9 Å². The maximum Gasteiger partial charge on any atom is 0.271 e. The number of aryl methyl sites for hydroxylation is 1. The second-order valence-corrected chi connectivity index (χ2v) is 6.09. The normalized spacial score (nSPS) is 10.4. The molecule has 0 aliphatic heterocycles. The molecule has 0 aliphatic carbocycles. The average Bonchev–Trinajstić information content (AvgIpc) is 2.64. The zero-order valence-electron chi connectivity index (χ0n) is 15.6. The minimum Gasteiger partial charge on any atom is -0.494 e. The Bertz CT molecular complexity index is 941. The first kappa shape index (κ1) is 20.2. The molecule has 0 bridgehead atoms. The number of rotatable bonds is 8. The molecule has 142 valence electrons. The lowest BCUT2D eigenvalue weighted by Crippen LogP contribution is -2.28. The van der Waals surface area contributed by atoms with Crippen molar-refractivity contribution < 1.29 is 19.4 Å². The largest absolute Gasteiger partial charge is 0.494 e. The molecule has 27 heavy (non-hydrogen) atoms. The van der Waals surface area contributed by atoms with E-state index >= 15 is 0 Å². The minimum absolute atomic E-state index is 0.0721. The van der Waals surface area contributed by atoms with Crippen molar-refractivity contribution in [3.63, 3.8) is 0 Å². The summed E-state index contributed by atoms with van der Waals surface area (Å²) in [4.78, 5) is 25.1. The number of aromatic nitrogens is 1. The van der Waals surface area contributed by atoms with Gasteiger partial charge in [-0.05, 0) is 37.5 Å². The Kier molecular flexibility index (Phi) is 6.74. The molecule has 0 radical (unpaired) electrons. The average molecular weight is 370 g/mol. The second kappa shape index (κ2) is 9.01. The van der Waals surface area contributed by atoms with Crippen molar-refractivity contribution in [3.8, 4) is 17.7 Å². The van der Waals surface area contributed by atoms with Gasteiger partial charge in [0, 0.05) is 20.3 Å². The molecule has 0 spiro atoms. The summed E-state index contributed by atoms with van der Waals surface area (Å²) >= 11 is 0. The number of methoxy groups -OCH3 is 1. The highest BCUT2D eigenvalue weighted by Crippen LogP contribution is 2.23. The van der Waals surface area contributed by atoms with E-state index in [4.69, 9.17) is 9.47 Å². The topological polar surface area (TPSA) is 102 Å². The number of carbonyl (C=O) groups excluding carboxylic acids is 1. The molecule has 0 atom stereocenters. The standard InChI is InChI=1S/C20H22N2O5/c1-13-7-4-5-8-17(13)27-12-16(23)18-14(2)15(11-21)19(24)22(20(18)25)9-6-10-26-3/h4-5,7-8,25H,6,9-10,12H2,1-3H3. The van der Waals surface area contributed by atoms with Gasteiger partial charge in [-0.25, -0.2) is 0 Å². The molecular weight excluding hydrogens is 348 g/mol. The van der Waals surface area contributed by atoms with Crippen molar-refractivity contribution in [1.82, 2.24) is 4.57 Å².